The first-order valence-electron chi connectivity index (χ1n) is 7.32. The zero-order chi connectivity index (χ0) is 14.1. The fourth-order valence-corrected chi connectivity index (χ4v) is 3.72. The molecule has 19 heavy (non-hydrogen) atoms. The second kappa shape index (κ2) is 8.89. The van der Waals surface area contributed by atoms with Crippen molar-refractivity contribution in [2.24, 2.45) is 0 Å². The summed E-state index contributed by atoms with van der Waals surface area (Å²) in [5, 5.41) is 3.20. The zero-order valence-corrected chi connectivity index (χ0v) is 13.0. The Morgan fingerprint density at radius 2 is 2.00 bits per heavy atom. The molecule has 0 saturated carbocycles. The van der Waals surface area contributed by atoms with Gasteiger partial charge in [0.15, 0.2) is 9.84 Å². The van der Waals surface area contributed by atoms with Crippen molar-refractivity contribution in [3.63, 3.8) is 0 Å². The highest BCUT2D eigenvalue weighted by atomic mass is 32.2. The third-order valence-electron chi connectivity index (χ3n) is 3.55. The minimum absolute atomic E-state index is 0.0688. The van der Waals surface area contributed by atoms with Crippen LogP contribution in [0.4, 0.5) is 0 Å². The zero-order valence-electron chi connectivity index (χ0n) is 12.2. The first-order valence-corrected chi connectivity index (χ1v) is 9.14. The second-order valence-corrected chi connectivity index (χ2v) is 7.25. The molecule has 1 saturated heterocycles. The Hall–Kier alpha value is -0.170. The standard InChI is InChI=1S/C13H28N2O3S/c1-3-15(4-2)9-7-14-8-11-19(16,17)12-13-6-5-10-18-13/h13-14H,3-12H2,1-2H3. The van der Waals surface area contributed by atoms with Gasteiger partial charge >= 0.3 is 0 Å². The van der Waals surface area contributed by atoms with E-state index in [1.165, 1.54) is 0 Å². The molecule has 1 aliphatic heterocycles. The van der Waals surface area contributed by atoms with Crippen LogP contribution in [0.2, 0.25) is 0 Å². The van der Waals surface area contributed by atoms with E-state index in [0.717, 1.165) is 39.0 Å². The van der Waals surface area contributed by atoms with E-state index in [4.69, 9.17) is 4.74 Å². The van der Waals surface area contributed by atoms with Gasteiger partial charge in [-0.25, -0.2) is 8.42 Å². The van der Waals surface area contributed by atoms with E-state index in [1.54, 1.807) is 0 Å². The van der Waals surface area contributed by atoms with E-state index >= 15 is 0 Å². The minimum Gasteiger partial charge on any atom is -0.377 e. The molecule has 0 radical (unpaired) electrons. The van der Waals surface area contributed by atoms with Crippen molar-refractivity contribution >= 4 is 9.84 Å². The van der Waals surface area contributed by atoms with E-state index in [9.17, 15) is 8.42 Å². The van der Waals surface area contributed by atoms with Gasteiger partial charge in [0, 0.05) is 26.2 Å². The van der Waals surface area contributed by atoms with Gasteiger partial charge in [0.05, 0.1) is 17.6 Å². The van der Waals surface area contributed by atoms with Crippen LogP contribution in [0.15, 0.2) is 0 Å². The molecule has 0 aromatic rings. The van der Waals surface area contributed by atoms with Crippen LogP contribution in [0.3, 0.4) is 0 Å². The second-order valence-electron chi connectivity index (χ2n) is 5.03. The Bertz CT molecular complexity index is 323. The van der Waals surface area contributed by atoms with E-state index in [0.29, 0.717) is 13.2 Å². The van der Waals surface area contributed by atoms with Crippen LogP contribution in [0.5, 0.6) is 0 Å². The predicted octanol–water partition coefficient (Wildman–Crippen LogP) is 0.512. The Balaban J connectivity index is 2.10. The summed E-state index contributed by atoms with van der Waals surface area (Å²) in [4.78, 5) is 2.31. The predicted molar refractivity (Wildman–Crippen MR) is 78.3 cm³/mol. The lowest BCUT2D eigenvalue weighted by atomic mass is 10.3. The summed E-state index contributed by atoms with van der Waals surface area (Å²) in [5.41, 5.74) is 0. The van der Waals surface area contributed by atoms with Crippen LogP contribution in [0.25, 0.3) is 0 Å². The molecular formula is C13H28N2O3S. The lowest BCUT2D eigenvalue weighted by Crippen LogP contribution is -2.34. The number of likely N-dealkylation sites (N-methyl/N-ethyl adjacent to an activating group) is 1. The average molecular weight is 292 g/mol. The van der Waals surface area contributed by atoms with Crippen molar-refractivity contribution in [2.45, 2.75) is 32.8 Å². The molecule has 1 rings (SSSR count). The molecule has 1 N–H and O–H groups in total. The van der Waals surface area contributed by atoms with E-state index in [1.807, 2.05) is 0 Å². The Morgan fingerprint density at radius 3 is 2.58 bits per heavy atom. The molecule has 0 aromatic carbocycles. The van der Waals surface area contributed by atoms with Crippen LogP contribution >= 0.6 is 0 Å². The molecular weight excluding hydrogens is 264 g/mol. The van der Waals surface area contributed by atoms with Crippen LogP contribution < -0.4 is 5.32 Å². The smallest absolute Gasteiger partial charge is 0.154 e. The van der Waals surface area contributed by atoms with Crippen molar-refractivity contribution < 1.29 is 13.2 Å². The summed E-state index contributed by atoms with van der Waals surface area (Å²) in [6, 6.07) is 0. The van der Waals surface area contributed by atoms with Gasteiger partial charge in [-0.3, -0.25) is 0 Å². The quantitative estimate of drug-likeness (QED) is 0.595. The van der Waals surface area contributed by atoms with Crippen LogP contribution in [0, 0.1) is 0 Å². The third-order valence-corrected chi connectivity index (χ3v) is 5.26. The molecule has 5 nitrogen and oxygen atoms in total. The Morgan fingerprint density at radius 1 is 1.26 bits per heavy atom. The summed E-state index contributed by atoms with van der Waals surface area (Å²) in [5.74, 6) is 0.399. The number of hydrogen-bond donors (Lipinski definition) is 1. The molecule has 0 aliphatic carbocycles. The molecule has 1 aliphatic rings. The molecule has 6 heteroatoms. The number of nitrogens with zero attached hydrogens (tertiary/aromatic N) is 1. The monoisotopic (exact) mass is 292 g/mol. The lowest BCUT2D eigenvalue weighted by molar-refractivity contribution is 0.127. The van der Waals surface area contributed by atoms with Crippen LogP contribution in [-0.4, -0.2) is 70.3 Å². The largest absolute Gasteiger partial charge is 0.377 e. The van der Waals surface area contributed by atoms with Gasteiger partial charge in [0.1, 0.15) is 0 Å². The number of nitrogens with one attached hydrogen (secondary N) is 1. The highest BCUT2D eigenvalue weighted by Gasteiger charge is 2.22. The Labute approximate surface area is 117 Å². The van der Waals surface area contributed by atoms with Gasteiger partial charge in [-0.1, -0.05) is 13.8 Å². The fraction of sp³-hybridized carbons (Fsp3) is 1.00. The van der Waals surface area contributed by atoms with Gasteiger partial charge < -0.3 is 15.0 Å². The molecule has 1 fully saturated rings. The van der Waals surface area contributed by atoms with Crippen molar-refractivity contribution in [3.05, 3.63) is 0 Å². The molecule has 0 amide bonds. The number of ether oxygens (including phenoxy) is 1. The van der Waals surface area contributed by atoms with Gasteiger partial charge in [0.25, 0.3) is 0 Å². The SMILES string of the molecule is CCN(CC)CCNCCS(=O)(=O)CC1CCCO1. The molecule has 0 bridgehead atoms. The van der Waals surface area contributed by atoms with Crippen LogP contribution in [-0.2, 0) is 14.6 Å². The number of sulfone groups is 1. The highest BCUT2D eigenvalue weighted by molar-refractivity contribution is 7.91. The van der Waals surface area contributed by atoms with Crippen molar-refractivity contribution in [1.82, 2.24) is 10.2 Å². The normalized spacial score (nSPS) is 20.3. The van der Waals surface area contributed by atoms with Crippen LogP contribution in [0.1, 0.15) is 26.7 Å². The molecule has 1 atom stereocenters. The number of rotatable bonds is 10. The third kappa shape index (κ3) is 7.25. The van der Waals surface area contributed by atoms with Gasteiger partial charge in [-0.15, -0.1) is 0 Å². The van der Waals surface area contributed by atoms with Crippen molar-refractivity contribution in [1.29, 1.82) is 0 Å². The summed E-state index contributed by atoms with van der Waals surface area (Å²) >= 11 is 0. The Kier molecular flexibility index (Phi) is 7.90. The summed E-state index contributed by atoms with van der Waals surface area (Å²) in [7, 11) is -2.98. The number of hydrogen-bond acceptors (Lipinski definition) is 5. The molecule has 114 valence electrons. The topological polar surface area (TPSA) is 58.6 Å². The highest BCUT2D eigenvalue weighted by Crippen LogP contribution is 2.13. The molecule has 0 aromatic heterocycles. The maximum Gasteiger partial charge on any atom is 0.154 e. The van der Waals surface area contributed by atoms with E-state index in [-0.39, 0.29) is 17.6 Å². The summed E-state index contributed by atoms with van der Waals surface area (Å²) in [6.45, 7) is 9.41. The van der Waals surface area contributed by atoms with E-state index in [2.05, 4.69) is 24.1 Å². The van der Waals surface area contributed by atoms with Gasteiger partial charge in [-0.05, 0) is 25.9 Å². The molecule has 0 spiro atoms. The average Bonchev–Trinajstić information content (AvgIpc) is 2.85. The first-order chi connectivity index (χ1) is 9.07. The fourth-order valence-electron chi connectivity index (χ4n) is 2.27. The minimum atomic E-state index is -2.98. The van der Waals surface area contributed by atoms with Crippen molar-refractivity contribution in [2.75, 3.05) is 50.8 Å². The maximum atomic E-state index is 11.9. The summed E-state index contributed by atoms with van der Waals surface area (Å²) < 4.78 is 29.1. The van der Waals surface area contributed by atoms with Gasteiger partial charge in [0.2, 0.25) is 0 Å². The van der Waals surface area contributed by atoms with E-state index < -0.39 is 9.84 Å². The first kappa shape index (κ1) is 16.9. The summed E-state index contributed by atoms with van der Waals surface area (Å²) in [6.07, 6.45) is 1.80. The van der Waals surface area contributed by atoms with Gasteiger partial charge in [-0.2, -0.15) is 0 Å². The molecule has 1 unspecified atom stereocenters. The van der Waals surface area contributed by atoms with Crippen molar-refractivity contribution in [3.8, 4) is 0 Å². The molecule has 1 heterocycles. The maximum absolute atomic E-state index is 11.9. The lowest BCUT2D eigenvalue weighted by Gasteiger charge is -2.18.